The van der Waals surface area contributed by atoms with Crippen LogP contribution in [0.15, 0.2) is 34.9 Å². The Morgan fingerprint density at radius 1 is 1.22 bits per heavy atom. The third-order valence-electron chi connectivity index (χ3n) is 5.24. The summed E-state index contributed by atoms with van der Waals surface area (Å²) in [6.07, 6.45) is 0. The molecule has 7 heteroatoms. The van der Waals surface area contributed by atoms with E-state index >= 15 is 0 Å². The molecule has 0 bridgehead atoms. The molecule has 142 valence electrons. The number of piperazine rings is 1. The topological polar surface area (TPSA) is 68.3 Å². The lowest BCUT2D eigenvalue weighted by molar-refractivity contribution is 0.190. The van der Waals surface area contributed by atoms with Gasteiger partial charge in [0.25, 0.3) is 5.89 Å². The van der Waals surface area contributed by atoms with Gasteiger partial charge in [0.1, 0.15) is 5.75 Å². The lowest BCUT2D eigenvalue weighted by atomic mass is 10.2. The molecule has 2 aromatic heterocycles. The average Bonchev–Trinajstić information content (AvgIpc) is 3.27. The van der Waals surface area contributed by atoms with Crippen LogP contribution in [0.3, 0.4) is 0 Å². The standard InChI is InChI=1S/C20H25N5O2/c1-13-11-17(14(2)25(13)15-5-7-16(26-4)8-6-15)20-22-19(23-27-20)18-12-21-9-10-24(18)3/h5-8,11,18,21H,9-10,12H2,1-4H3. The number of hydrogen-bond acceptors (Lipinski definition) is 6. The zero-order valence-corrected chi connectivity index (χ0v) is 16.2. The predicted octanol–water partition coefficient (Wildman–Crippen LogP) is 2.73. The number of aryl methyl sites for hydroxylation is 1. The number of methoxy groups -OCH3 is 1. The van der Waals surface area contributed by atoms with Crippen LogP contribution in [0.4, 0.5) is 0 Å². The van der Waals surface area contributed by atoms with Gasteiger partial charge in [-0.3, -0.25) is 4.90 Å². The number of likely N-dealkylation sites (N-methyl/N-ethyl adjacent to an activating group) is 1. The van der Waals surface area contributed by atoms with Crippen LogP contribution < -0.4 is 10.1 Å². The maximum absolute atomic E-state index is 5.62. The van der Waals surface area contributed by atoms with Gasteiger partial charge in [0, 0.05) is 36.7 Å². The smallest absolute Gasteiger partial charge is 0.259 e. The first kappa shape index (κ1) is 17.8. The number of nitrogens with one attached hydrogen (secondary N) is 1. The van der Waals surface area contributed by atoms with Gasteiger partial charge in [-0.2, -0.15) is 4.98 Å². The molecule has 27 heavy (non-hydrogen) atoms. The van der Waals surface area contributed by atoms with Gasteiger partial charge >= 0.3 is 0 Å². The van der Waals surface area contributed by atoms with Gasteiger partial charge < -0.3 is 19.1 Å². The summed E-state index contributed by atoms with van der Waals surface area (Å²) in [5.74, 6) is 2.14. The fraction of sp³-hybridized carbons (Fsp3) is 0.400. The molecule has 3 aromatic rings. The number of rotatable bonds is 4. The van der Waals surface area contributed by atoms with Gasteiger partial charge in [-0.15, -0.1) is 0 Å². The van der Waals surface area contributed by atoms with Crippen molar-refractivity contribution >= 4 is 0 Å². The first-order valence-electron chi connectivity index (χ1n) is 9.17. The summed E-state index contributed by atoms with van der Waals surface area (Å²) < 4.78 is 13.1. The van der Waals surface area contributed by atoms with Gasteiger partial charge in [-0.25, -0.2) is 0 Å². The summed E-state index contributed by atoms with van der Waals surface area (Å²) in [4.78, 5) is 6.95. The van der Waals surface area contributed by atoms with E-state index in [2.05, 4.69) is 46.9 Å². The van der Waals surface area contributed by atoms with Crippen LogP contribution in [-0.2, 0) is 0 Å². The van der Waals surface area contributed by atoms with Crippen molar-refractivity contribution < 1.29 is 9.26 Å². The Balaban J connectivity index is 1.67. The minimum Gasteiger partial charge on any atom is -0.497 e. The minimum atomic E-state index is 0.140. The Labute approximate surface area is 158 Å². The van der Waals surface area contributed by atoms with Crippen LogP contribution in [0.1, 0.15) is 23.3 Å². The van der Waals surface area contributed by atoms with E-state index in [9.17, 15) is 0 Å². The molecule has 1 N–H and O–H groups in total. The van der Waals surface area contributed by atoms with Gasteiger partial charge in [0.2, 0.25) is 0 Å². The number of benzene rings is 1. The Hall–Kier alpha value is -2.64. The van der Waals surface area contributed by atoms with Crippen molar-refractivity contribution in [1.29, 1.82) is 0 Å². The van der Waals surface area contributed by atoms with E-state index < -0.39 is 0 Å². The first-order chi connectivity index (χ1) is 13.1. The van der Waals surface area contributed by atoms with Crippen molar-refractivity contribution in [2.75, 3.05) is 33.8 Å². The molecule has 0 radical (unpaired) electrons. The molecule has 1 aromatic carbocycles. The summed E-state index contributed by atoms with van der Waals surface area (Å²) in [6, 6.07) is 10.3. The van der Waals surface area contributed by atoms with Gasteiger partial charge in [0.15, 0.2) is 5.82 Å². The molecule has 1 aliphatic heterocycles. The summed E-state index contributed by atoms with van der Waals surface area (Å²) >= 11 is 0. The Bertz CT molecular complexity index is 929. The molecule has 1 atom stereocenters. The van der Waals surface area contributed by atoms with E-state index in [-0.39, 0.29) is 6.04 Å². The van der Waals surface area contributed by atoms with Gasteiger partial charge in [-0.05, 0) is 51.2 Å². The maximum Gasteiger partial charge on any atom is 0.259 e. The molecule has 1 unspecified atom stereocenters. The van der Waals surface area contributed by atoms with E-state index in [1.165, 1.54) is 0 Å². The molecule has 1 fully saturated rings. The van der Waals surface area contributed by atoms with E-state index in [1.54, 1.807) is 7.11 Å². The molecule has 1 saturated heterocycles. The summed E-state index contributed by atoms with van der Waals surface area (Å²) in [5, 5.41) is 7.64. The van der Waals surface area contributed by atoms with E-state index in [0.717, 1.165) is 53.8 Å². The van der Waals surface area contributed by atoms with Crippen LogP contribution in [0.2, 0.25) is 0 Å². The summed E-state index contributed by atoms with van der Waals surface area (Å²) in [6.45, 7) is 6.95. The number of nitrogens with zero attached hydrogens (tertiary/aromatic N) is 4. The number of aromatic nitrogens is 3. The molecule has 3 heterocycles. The molecular formula is C20H25N5O2. The highest BCUT2D eigenvalue weighted by molar-refractivity contribution is 5.61. The Kier molecular flexibility index (Phi) is 4.72. The van der Waals surface area contributed by atoms with Crippen molar-refractivity contribution in [2.45, 2.75) is 19.9 Å². The predicted molar refractivity (Wildman–Crippen MR) is 103 cm³/mol. The van der Waals surface area contributed by atoms with E-state index in [0.29, 0.717) is 5.89 Å². The second kappa shape index (κ2) is 7.17. The van der Waals surface area contributed by atoms with Crippen molar-refractivity contribution in [2.24, 2.45) is 0 Å². The Morgan fingerprint density at radius 3 is 2.70 bits per heavy atom. The minimum absolute atomic E-state index is 0.140. The molecule has 1 aliphatic rings. The zero-order chi connectivity index (χ0) is 19.0. The zero-order valence-electron chi connectivity index (χ0n) is 16.2. The number of hydrogen-bond donors (Lipinski definition) is 1. The third-order valence-corrected chi connectivity index (χ3v) is 5.24. The molecular weight excluding hydrogens is 342 g/mol. The SMILES string of the molecule is COc1ccc(-n2c(C)cc(-c3nc(C4CNCCN4C)no3)c2C)cc1. The molecule has 0 aliphatic carbocycles. The second-order valence-corrected chi connectivity index (χ2v) is 6.98. The van der Waals surface area contributed by atoms with Crippen molar-refractivity contribution in [3.63, 3.8) is 0 Å². The fourth-order valence-corrected chi connectivity index (χ4v) is 3.68. The third kappa shape index (κ3) is 3.24. The van der Waals surface area contributed by atoms with Crippen LogP contribution in [0.25, 0.3) is 17.1 Å². The monoisotopic (exact) mass is 367 g/mol. The fourth-order valence-electron chi connectivity index (χ4n) is 3.68. The second-order valence-electron chi connectivity index (χ2n) is 6.98. The van der Waals surface area contributed by atoms with E-state index in [4.69, 9.17) is 14.2 Å². The van der Waals surface area contributed by atoms with Crippen LogP contribution in [0, 0.1) is 13.8 Å². The van der Waals surface area contributed by atoms with Crippen LogP contribution in [0.5, 0.6) is 5.75 Å². The van der Waals surface area contributed by atoms with Gasteiger partial charge in [0.05, 0.1) is 18.7 Å². The van der Waals surface area contributed by atoms with Gasteiger partial charge in [-0.1, -0.05) is 5.16 Å². The van der Waals surface area contributed by atoms with Crippen molar-refractivity contribution in [3.8, 4) is 22.9 Å². The van der Waals surface area contributed by atoms with E-state index in [1.807, 2.05) is 24.3 Å². The molecule has 0 spiro atoms. The number of ether oxygens (including phenoxy) is 1. The summed E-state index contributed by atoms with van der Waals surface area (Å²) in [5.41, 5.74) is 4.23. The molecule has 4 rings (SSSR count). The molecule has 0 amide bonds. The first-order valence-corrected chi connectivity index (χ1v) is 9.17. The molecule has 0 saturated carbocycles. The Morgan fingerprint density at radius 2 is 2.00 bits per heavy atom. The lowest BCUT2D eigenvalue weighted by Gasteiger charge is -2.30. The van der Waals surface area contributed by atoms with Crippen molar-refractivity contribution in [3.05, 3.63) is 47.5 Å². The highest BCUT2D eigenvalue weighted by Gasteiger charge is 2.26. The highest BCUT2D eigenvalue weighted by atomic mass is 16.5. The molecule has 7 nitrogen and oxygen atoms in total. The lowest BCUT2D eigenvalue weighted by Crippen LogP contribution is -2.44. The normalized spacial score (nSPS) is 18.0. The van der Waals surface area contributed by atoms with Crippen molar-refractivity contribution in [1.82, 2.24) is 24.9 Å². The largest absolute Gasteiger partial charge is 0.497 e. The maximum atomic E-state index is 5.62. The summed E-state index contributed by atoms with van der Waals surface area (Å²) in [7, 11) is 3.77. The quantitative estimate of drug-likeness (QED) is 0.765. The highest BCUT2D eigenvalue weighted by Crippen LogP contribution is 2.30. The van der Waals surface area contributed by atoms with Crippen LogP contribution in [-0.4, -0.2) is 53.4 Å². The average molecular weight is 367 g/mol. The van der Waals surface area contributed by atoms with Crippen LogP contribution >= 0.6 is 0 Å².